The smallest absolute Gasteiger partial charge is 0.231 e. The highest BCUT2D eigenvalue weighted by Gasteiger charge is 2.22. The van der Waals surface area contributed by atoms with Crippen molar-refractivity contribution in [2.24, 2.45) is 0 Å². The first-order valence-electron chi connectivity index (χ1n) is 12.1. The molecule has 0 radical (unpaired) electrons. The van der Waals surface area contributed by atoms with Gasteiger partial charge in [0.25, 0.3) is 0 Å². The lowest BCUT2D eigenvalue weighted by Gasteiger charge is -2.32. The summed E-state index contributed by atoms with van der Waals surface area (Å²) >= 11 is 0. The third kappa shape index (κ3) is 7.83. The predicted octanol–water partition coefficient (Wildman–Crippen LogP) is 3.92. The maximum absolute atomic E-state index is 13.9. The normalized spacial score (nSPS) is 13.9. The Morgan fingerprint density at radius 2 is 1.89 bits per heavy atom. The molecule has 1 fully saturated rings. The number of amides is 1. The van der Waals surface area contributed by atoms with Crippen LogP contribution in [0.5, 0.6) is 5.75 Å². The largest absolute Gasteiger partial charge is 0.491 e. The van der Waals surface area contributed by atoms with Gasteiger partial charge in [-0.25, -0.2) is 14.4 Å². The fourth-order valence-electron chi connectivity index (χ4n) is 3.88. The predicted molar refractivity (Wildman–Crippen MR) is 138 cm³/mol. The topological polar surface area (TPSA) is 111 Å². The second-order valence-electron chi connectivity index (χ2n) is 8.59. The highest BCUT2D eigenvalue weighted by molar-refractivity contribution is 5.89. The lowest BCUT2D eigenvalue weighted by atomic mass is 10.1. The van der Waals surface area contributed by atoms with Gasteiger partial charge in [-0.3, -0.25) is 4.79 Å². The highest BCUT2D eigenvalue weighted by Crippen LogP contribution is 2.24. The van der Waals surface area contributed by atoms with Gasteiger partial charge in [-0.05, 0) is 48.7 Å². The van der Waals surface area contributed by atoms with Gasteiger partial charge in [0.1, 0.15) is 24.5 Å². The van der Waals surface area contributed by atoms with E-state index in [4.69, 9.17) is 14.2 Å². The summed E-state index contributed by atoms with van der Waals surface area (Å²) in [5.41, 5.74) is 1.72. The molecule has 1 saturated heterocycles. The summed E-state index contributed by atoms with van der Waals surface area (Å²) in [7, 11) is 1.65. The molecule has 2 N–H and O–H groups in total. The first-order chi connectivity index (χ1) is 18.0. The number of hydrogen-bond acceptors (Lipinski definition) is 9. The molecule has 11 heteroatoms. The van der Waals surface area contributed by atoms with E-state index in [1.165, 1.54) is 25.4 Å². The zero-order chi connectivity index (χ0) is 26.0. The number of halogens is 1. The molecule has 0 atom stereocenters. The van der Waals surface area contributed by atoms with Gasteiger partial charge in [0.2, 0.25) is 17.8 Å². The van der Waals surface area contributed by atoms with E-state index >= 15 is 0 Å². The monoisotopic (exact) mass is 510 g/mol. The quantitative estimate of drug-likeness (QED) is 0.371. The van der Waals surface area contributed by atoms with Crippen LogP contribution in [0, 0.1) is 5.82 Å². The van der Waals surface area contributed by atoms with E-state index < -0.39 is 5.82 Å². The molecule has 3 aromatic rings. The fourth-order valence-corrected chi connectivity index (χ4v) is 3.88. The molecule has 0 aliphatic carbocycles. The summed E-state index contributed by atoms with van der Waals surface area (Å²) in [5, 5.41) is 5.50. The lowest BCUT2D eigenvalue weighted by Crippen LogP contribution is -2.38. The Morgan fingerprint density at radius 1 is 1.11 bits per heavy atom. The number of anilines is 4. The number of rotatable bonds is 11. The highest BCUT2D eigenvalue weighted by atomic mass is 19.1. The maximum Gasteiger partial charge on any atom is 0.231 e. The third-order valence-electron chi connectivity index (χ3n) is 5.78. The van der Waals surface area contributed by atoms with Crippen LogP contribution in [0.1, 0.15) is 25.3 Å². The molecular weight excluding hydrogens is 479 g/mol. The fraction of sp³-hybridized carbons (Fsp3) is 0.385. The first kappa shape index (κ1) is 26.2. The Balaban J connectivity index is 1.26. The summed E-state index contributed by atoms with van der Waals surface area (Å²) in [4.78, 5) is 26.4. The van der Waals surface area contributed by atoms with E-state index in [1.807, 2.05) is 24.3 Å². The van der Waals surface area contributed by atoms with E-state index in [-0.39, 0.29) is 17.7 Å². The van der Waals surface area contributed by atoms with E-state index in [0.29, 0.717) is 37.4 Å². The number of carbonyl (C=O) groups excluding carboxylic acids is 1. The second-order valence-corrected chi connectivity index (χ2v) is 8.59. The number of piperidine rings is 1. The van der Waals surface area contributed by atoms with Crippen molar-refractivity contribution < 1.29 is 23.4 Å². The van der Waals surface area contributed by atoms with Crippen molar-refractivity contribution in [3.05, 3.63) is 60.2 Å². The Hall–Kier alpha value is -3.83. The summed E-state index contributed by atoms with van der Waals surface area (Å²) < 4.78 is 30.6. The molecule has 4 rings (SSSR count). The number of nitrogens with zero attached hydrogens (tertiary/aromatic N) is 4. The van der Waals surface area contributed by atoms with Gasteiger partial charge in [-0.2, -0.15) is 4.98 Å². The SMILES string of the molecule is COCCOc1ccc(COC2CCN(c3ncnc(Nc4ccc(F)c(NC(C)=O)c4)n3)CC2)cc1. The van der Waals surface area contributed by atoms with Crippen molar-refractivity contribution in [3.63, 3.8) is 0 Å². The number of carbonyl (C=O) groups is 1. The Bertz CT molecular complexity index is 1170. The van der Waals surface area contributed by atoms with Crippen LogP contribution in [-0.2, 0) is 20.9 Å². The number of nitrogens with one attached hydrogen (secondary N) is 2. The van der Waals surface area contributed by atoms with Gasteiger partial charge in [0, 0.05) is 32.8 Å². The van der Waals surface area contributed by atoms with E-state index in [0.717, 1.165) is 37.2 Å². The molecule has 1 aromatic heterocycles. The van der Waals surface area contributed by atoms with Crippen molar-refractivity contribution in [3.8, 4) is 5.75 Å². The minimum atomic E-state index is -0.522. The van der Waals surface area contributed by atoms with Gasteiger partial charge in [0.05, 0.1) is 25.0 Å². The van der Waals surface area contributed by atoms with Crippen LogP contribution in [0.2, 0.25) is 0 Å². The standard InChI is InChI=1S/C26H31FN6O4/c1-18(34)30-24-15-20(5-8-23(24)27)31-25-28-17-29-26(32-25)33-11-9-22(10-12-33)37-16-19-3-6-21(7-4-19)36-14-13-35-2/h3-8,15,17,22H,9-14,16H2,1-2H3,(H,30,34)(H,28,29,31,32). The molecule has 37 heavy (non-hydrogen) atoms. The van der Waals surface area contributed by atoms with Crippen LogP contribution < -0.4 is 20.3 Å². The van der Waals surface area contributed by atoms with Gasteiger partial charge in [-0.1, -0.05) is 12.1 Å². The average molecular weight is 511 g/mol. The average Bonchev–Trinajstić information content (AvgIpc) is 2.90. The molecule has 2 aromatic carbocycles. The van der Waals surface area contributed by atoms with Crippen molar-refractivity contribution in [1.29, 1.82) is 0 Å². The van der Waals surface area contributed by atoms with Crippen molar-refractivity contribution >= 4 is 29.2 Å². The number of aromatic nitrogens is 3. The summed E-state index contributed by atoms with van der Waals surface area (Å²) in [5.74, 6) is 0.828. The van der Waals surface area contributed by atoms with Gasteiger partial charge >= 0.3 is 0 Å². The van der Waals surface area contributed by atoms with E-state index in [2.05, 4.69) is 30.5 Å². The van der Waals surface area contributed by atoms with E-state index in [9.17, 15) is 9.18 Å². The van der Waals surface area contributed by atoms with E-state index in [1.54, 1.807) is 13.2 Å². The minimum Gasteiger partial charge on any atom is -0.491 e. The zero-order valence-electron chi connectivity index (χ0n) is 20.9. The van der Waals surface area contributed by atoms with Crippen molar-refractivity contribution in [1.82, 2.24) is 15.0 Å². The van der Waals surface area contributed by atoms with Gasteiger partial charge < -0.3 is 29.7 Å². The number of hydrogen-bond donors (Lipinski definition) is 2. The molecule has 0 spiro atoms. The molecule has 1 aliphatic heterocycles. The Labute approximate surface area is 215 Å². The van der Waals surface area contributed by atoms with Crippen LogP contribution in [0.3, 0.4) is 0 Å². The number of methoxy groups -OCH3 is 1. The lowest BCUT2D eigenvalue weighted by molar-refractivity contribution is -0.114. The van der Waals surface area contributed by atoms with Crippen molar-refractivity contribution in [2.75, 3.05) is 48.9 Å². The molecule has 0 bridgehead atoms. The molecule has 1 aliphatic rings. The molecule has 0 unspecified atom stereocenters. The molecule has 196 valence electrons. The van der Waals surface area contributed by atoms with Crippen LogP contribution in [0.25, 0.3) is 0 Å². The van der Waals surface area contributed by atoms with Gasteiger partial charge in [0.15, 0.2) is 0 Å². The first-order valence-corrected chi connectivity index (χ1v) is 12.1. The molecule has 2 heterocycles. The molecule has 10 nitrogen and oxygen atoms in total. The second kappa shape index (κ2) is 12.9. The summed E-state index contributed by atoms with van der Waals surface area (Å²) in [6.07, 6.45) is 3.29. The van der Waals surface area contributed by atoms with Crippen LogP contribution >= 0.6 is 0 Å². The molecular formula is C26H31FN6O4. The number of ether oxygens (including phenoxy) is 3. The molecule has 1 amide bonds. The third-order valence-corrected chi connectivity index (χ3v) is 5.78. The minimum absolute atomic E-state index is 0.0835. The maximum atomic E-state index is 13.9. The summed E-state index contributed by atoms with van der Waals surface area (Å²) in [6.45, 7) is 4.45. The van der Waals surface area contributed by atoms with Crippen LogP contribution in [0.15, 0.2) is 48.8 Å². The molecule has 0 saturated carbocycles. The number of benzene rings is 2. The summed E-state index contributed by atoms with van der Waals surface area (Å²) in [6, 6.07) is 12.2. The van der Waals surface area contributed by atoms with Crippen molar-refractivity contribution in [2.45, 2.75) is 32.5 Å². The van der Waals surface area contributed by atoms with Crippen LogP contribution in [-0.4, -0.2) is 60.4 Å². The van der Waals surface area contributed by atoms with Crippen LogP contribution in [0.4, 0.5) is 27.7 Å². The Morgan fingerprint density at radius 3 is 2.62 bits per heavy atom. The van der Waals surface area contributed by atoms with Gasteiger partial charge in [-0.15, -0.1) is 0 Å². The Kier molecular flexibility index (Phi) is 9.17. The zero-order valence-corrected chi connectivity index (χ0v) is 20.9.